The van der Waals surface area contributed by atoms with Crippen LogP contribution in [0.4, 0.5) is 0 Å². The largest absolute Gasteiger partial charge is 0.373 e. The van der Waals surface area contributed by atoms with E-state index in [4.69, 9.17) is 4.74 Å². The zero-order valence-electron chi connectivity index (χ0n) is 17.9. The molecule has 2 amide bonds. The fourth-order valence-electron chi connectivity index (χ4n) is 3.81. The van der Waals surface area contributed by atoms with E-state index in [-0.39, 0.29) is 24.0 Å². The molecule has 0 saturated carbocycles. The van der Waals surface area contributed by atoms with E-state index in [9.17, 15) is 9.59 Å². The Bertz CT molecular complexity index is 846. The van der Waals surface area contributed by atoms with Crippen LogP contribution in [0, 0.1) is 0 Å². The smallest absolute Gasteiger partial charge is 0.251 e. The van der Waals surface area contributed by atoms with Gasteiger partial charge in [0.05, 0.1) is 12.2 Å². The van der Waals surface area contributed by atoms with Gasteiger partial charge < -0.3 is 15.4 Å². The molecule has 3 unspecified atom stereocenters. The predicted molar refractivity (Wildman–Crippen MR) is 117 cm³/mol. The number of hydrogen-bond donors (Lipinski definition) is 2. The number of hydrogen-bond acceptors (Lipinski definition) is 4. The molecule has 0 radical (unpaired) electrons. The minimum atomic E-state index is -0.620. The highest BCUT2D eigenvalue weighted by molar-refractivity contribution is 5.97. The van der Waals surface area contributed by atoms with Crippen molar-refractivity contribution >= 4 is 11.8 Å². The van der Waals surface area contributed by atoms with Crippen molar-refractivity contribution in [3.63, 3.8) is 0 Å². The summed E-state index contributed by atoms with van der Waals surface area (Å²) in [5.41, 5.74) is 2.82. The van der Waals surface area contributed by atoms with E-state index in [0.717, 1.165) is 25.2 Å². The highest BCUT2D eigenvalue weighted by atomic mass is 16.5. The van der Waals surface area contributed by atoms with Gasteiger partial charge in [0.1, 0.15) is 6.04 Å². The predicted octanol–water partition coefficient (Wildman–Crippen LogP) is 2.73. The maximum absolute atomic E-state index is 12.5. The van der Waals surface area contributed by atoms with Gasteiger partial charge in [0.15, 0.2) is 0 Å². The van der Waals surface area contributed by atoms with Gasteiger partial charge in [0.25, 0.3) is 5.91 Å². The summed E-state index contributed by atoms with van der Waals surface area (Å²) < 4.78 is 5.82. The van der Waals surface area contributed by atoms with E-state index in [1.165, 1.54) is 5.56 Å². The first-order chi connectivity index (χ1) is 14.4. The fourth-order valence-corrected chi connectivity index (χ4v) is 3.81. The van der Waals surface area contributed by atoms with Crippen molar-refractivity contribution < 1.29 is 14.3 Å². The fraction of sp³-hybridized carbons (Fsp3) is 0.417. The summed E-state index contributed by atoms with van der Waals surface area (Å²) in [5, 5.41) is 5.70. The average Bonchev–Trinajstić information content (AvgIpc) is 2.72. The lowest BCUT2D eigenvalue weighted by atomic mass is 10.1. The van der Waals surface area contributed by atoms with E-state index in [0.29, 0.717) is 12.1 Å². The molecule has 6 nitrogen and oxygen atoms in total. The Kier molecular flexibility index (Phi) is 7.60. The quantitative estimate of drug-likeness (QED) is 0.738. The summed E-state index contributed by atoms with van der Waals surface area (Å²) in [6.07, 6.45) is 0.435. The van der Waals surface area contributed by atoms with Crippen molar-refractivity contribution in [2.75, 3.05) is 13.1 Å². The van der Waals surface area contributed by atoms with E-state index < -0.39 is 6.04 Å². The highest BCUT2D eigenvalue weighted by Crippen LogP contribution is 2.17. The summed E-state index contributed by atoms with van der Waals surface area (Å²) >= 11 is 0. The molecule has 1 aliphatic heterocycles. The number of ether oxygens (including phenoxy) is 1. The molecular weight excluding hydrogens is 378 g/mol. The van der Waals surface area contributed by atoms with Crippen molar-refractivity contribution in [2.45, 2.75) is 52.1 Å². The molecule has 3 atom stereocenters. The van der Waals surface area contributed by atoms with Crippen LogP contribution in [0.15, 0.2) is 54.6 Å². The van der Waals surface area contributed by atoms with Crippen molar-refractivity contribution in [3.05, 3.63) is 71.3 Å². The number of nitrogens with zero attached hydrogens (tertiary/aromatic N) is 1. The second kappa shape index (κ2) is 10.4. The number of nitrogens with one attached hydrogen (secondary N) is 2. The molecule has 1 fully saturated rings. The molecule has 30 heavy (non-hydrogen) atoms. The Balaban J connectivity index is 1.55. The Labute approximate surface area is 178 Å². The van der Waals surface area contributed by atoms with Gasteiger partial charge in [0.2, 0.25) is 5.91 Å². The summed E-state index contributed by atoms with van der Waals surface area (Å²) in [6, 6.07) is 16.4. The van der Waals surface area contributed by atoms with E-state index in [2.05, 4.69) is 35.4 Å². The van der Waals surface area contributed by atoms with Crippen molar-refractivity contribution in [1.29, 1.82) is 0 Å². The number of rotatable bonds is 7. The lowest BCUT2D eigenvalue weighted by molar-refractivity contribution is -0.122. The van der Waals surface area contributed by atoms with Gasteiger partial charge in [-0.1, -0.05) is 42.5 Å². The maximum atomic E-state index is 12.5. The zero-order chi connectivity index (χ0) is 21.5. The Hall–Kier alpha value is -2.70. The second-order valence-electron chi connectivity index (χ2n) is 8.00. The molecule has 1 heterocycles. The Morgan fingerprint density at radius 3 is 2.27 bits per heavy atom. The minimum absolute atomic E-state index is 0.206. The van der Waals surface area contributed by atoms with Crippen LogP contribution in [0.25, 0.3) is 0 Å². The molecular formula is C24H31N3O3. The number of benzene rings is 2. The van der Waals surface area contributed by atoms with Gasteiger partial charge in [-0.2, -0.15) is 0 Å². The van der Waals surface area contributed by atoms with Crippen LogP contribution in [0.3, 0.4) is 0 Å². The van der Waals surface area contributed by atoms with E-state index in [1.807, 2.05) is 24.3 Å². The lowest BCUT2D eigenvalue weighted by Crippen LogP contribution is -2.45. The summed E-state index contributed by atoms with van der Waals surface area (Å²) in [5.74, 6) is -0.461. The van der Waals surface area contributed by atoms with Crippen molar-refractivity contribution in [2.24, 2.45) is 0 Å². The third kappa shape index (κ3) is 6.15. The number of carbonyl (C=O) groups is 2. The molecule has 1 aliphatic rings. The van der Waals surface area contributed by atoms with Crippen LogP contribution in [0.2, 0.25) is 0 Å². The first-order valence-corrected chi connectivity index (χ1v) is 10.5. The first-order valence-electron chi connectivity index (χ1n) is 10.5. The van der Waals surface area contributed by atoms with Crippen LogP contribution in [0.5, 0.6) is 0 Å². The molecule has 2 N–H and O–H groups in total. The van der Waals surface area contributed by atoms with Crippen LogP contribution in [-0.4, -0.2) is 48.1 Å². The molecule has 0 bridgehead atoms. The molecule has 2 aromatic carbocycles. The van der Waals surface area contributed by atoms with Gasteiger partial charge >= 0.3 is 0 Å². The maximum Gasteiger partial charge on any atom is 0.251 e. The normalized spacial score (nSPS) is 20.4. The monoisotopic (exact) mass is 409 g/mol. The third-order valence-electron chi connectivity index (χ3n) is 5.24. The number of carbonyl (C=O) groups excluding carboxylic acids is 2. The lowest BCUT2D eigenvalue weighted by Gasteiger charge is -2.35. The van der Waals surface area contributed by atoms with Crippen LogP contribution >= 0.6 is 0 Å². The molecule has 3 rings (SSSR count). The molecule has 6 heteroatoms. The topological polar surface area (TPSA) is 70.7 Å². The minimum Gasteiger partial charge on any atom is -0.373 e. The molecule has 0 aromatic heterocycles. The van der Waals surface area contributed by atoms with Gasteiger partial charge in [0, 0.05) is 31.7 Å². The van der Waals surface area contributed by atoms with Crippen LogP contribution in [0.1, 0.15) is 42.3 Å². The molecule has 0 aliphatic carbocycles. The van der Waals surface area contributed by atoms with E-state index >= 15 is 0 Å². The zero-order valence-corrected chi connectivity index (χ0v) is 17.9. The third-order valence-corrected chi connectivity index (χ3v) is 5.24. The average molecular weight is 410 g/mol. The van der Waals surface area contributed by atoms with Crippen molar-refractivity contribution in [3.8, 4) is 0 Å². The van der Waals surface area contributed by atoms with Gasteiger partial charge in [-0.3, -0.25) is 14.5 Å². The molecule has 2 aromatic rings. The number of amides is 2. The van der Waals surface area contributed by atoms with Crippen LogP contribution < -0.4 is 10.6 Å². The molecule has 160 valence electrons. The van der Waals surface area contributed by atoms with Gasteiger partial charge in [-0.05, 0) is 44.0 Å². The highest BCUT2D eigenvalue weighted by Gasteiger charge is 2.23. The van der Waals surface area contributed by atoms with Gasteiger partial charge in [-0.15, -0.1) is 0 Å². The van der Waals surface area contributed by atoms with Crippen LogP contribution in [-0.2, 0) is 22.6 Å². The number of morpholine rings is 1. The standard InChI is InChI=1S/C24H31N3O3/c1-17-14-27(15-18(2)30-17)16-22-12-8-7-11-21(22)13-25-23(28)19(3)26-24(29)20-9-5-4-6-10-20/h4-12,17-19H,13-16H2,1-3H3,(H,25,28)(H,26,29). The Morgan fingerprint density at radius 1 is 1.00 bits per heavy atom. The Morgan fingerprint density at radius 2 is 1.60 bits per heavy atom. The molecule has 0 spiro atoms. The van der Waals surface area contributed by atoms with E-state index in [1.54, 1.807) is 31.2 Å². The molecule has 1 saturated heterocycles. The summed E-state index contributed by atoms with van der Waals surface area (Å²) in [6.45, 7) is 8.93. The SMILES string of the molecule is CC1CN(Cc2ccccc2CNC(=O)C(C)NC(=O)c2ccccc2)CC(C)O1. The second-order valence-corrected chi connectivity index (χ2v) is 8.00. The summed E-state index contributed by atoms with van der Waals surface area (Å²) in [7, 11) is 0. The van der Waals surface area contributed by atoms with Crippen molar-refractivity contribution in [1.82, 2.24) is 15.5 Å². The van der Waals surface area contributed by atoms with Gasteiger partial charge in [-0.25, -0.2) is 0 Å². The summed E-state index contributed by atoms with van der Waals surface area (Å²) in [4.78, 5) is 27.2. The first kappa shape index (κ1) is 22.0.